The van der Waals surface area contributed by atoms with Gasteiger partial charge in [-0.15, -0.1) is 0 Å². The Bertz CT molecular complexity index is 156. The summed E-state index contributed by atoms with van der Waals surface area (Å²) in [5.41, 5.74) is -0.429. The average molecular weight is 185 g/mol. The van der Waals surface area contributed by atoms with Gasteiger partial charge in [0.05, 0.1) is 5.60 Å². The summed E-state index contributed by atoms with van der Waals surface area (Å²) in [6, 6.07) is 0. The lowest BCUT2D eigenvalue weighted by molar-refractivity contribution is -0.0267. The van der Waals surface area contributed by atoms with Gasteiger partial charge in [-0.25, -0.2) is 0 Å². The summed E-state index contributed by atoms with van der Waals surface area (Å²) in [5, 5.41) is 13.5. The van der Waals surface area contributed by atoms with Crippen LogP contribution in [-0.2, 0) is 0 Å². The van der Waals surface area contributed by atoms with Crippen LogP contribution in [0.4, 0.5) is 0 Å². The van der Waals surface area contributed by atoms with Gasteiger partial charge in [-0.3, -0.25) is 0 Å². The number of rotatable bonds is 3. The molecule has 1 saturated carbocycles. The summed E-state index contributed by atoms with van der Waals surface area (Å²) in [5.74, 6) is 1.44. The minimum Gasteiger partial charge on any atom is -0.389 e. The van der Waals surface area contributed by atoms with Gasteiger partial charge in [0.2, 0.25) is 0 Å². The Morgan fingerprint density at radius 2 is 2.08 bits per heavy atom. The normalized spacial score (nSPS) is 40.6. The molecule has 2 N–H and O–H groups in total. The molecule has 78 valence electrons. The van der Waals surface area contributed by atoms with Crippen LogP contribution in [0.5, 0.6) is 0 Å². The van der Waals surface area contributed by atoms with Crippen LogP contribution in [0.1, 0.15) is 40.0 Å². The van der Waals surface area contributed by atoms with Crippen LogP contribution in [-0.4, -0.2) is 23.8 Å². The Morgan fingerprint density at radius 1 is 1.38 bits per heavy atom. The highest BCUT2D eigenvalue weighted by Gasteiger charge is 2.35. The summed E-state index contributed by atoms with van der Waals surface area (Å²) in [6.45, 7) is 8.34. The third-order valence-corrected chi connectivity index (χ3v) is 3.44. The van der Waals surface area contributed by atoms with Crippen molar-refractivity contribution in [2.75, 3.05) is 13.1 Å². The lowest BCUT2D eigenvalue weighted by Crippen LogP contribution is -2.45. The average Bonchev–Trinajstić information content (AvgIpc) is 2.09. The minimum atomic E-state index is -0.429. The van der Waals surface area contributed by atoms with Gasteiger partial charge in [-0.05, 0) is 37.6 Å². The van der Waals surface area contributed by atoms with E-state index in [2.05, 4.69) is 26.1 Å². The first-order valence-corrected chi connectivity index (χ1v) is 5.50. The van der Waals surface area contributed by atoms with Gasteiger partial charge >= 0.3 is 0 Å². The molecule has 0 heterocycles. The van der Waals surface area contributed by atoms with Crippen LogP contribution in [0.3, 0.4) is 0 Å². The summed E-state index contributed by atoms with van der Waals surface area (Å²) < 4.78 is 0. The maximum Gasteiger partial charge on any atom is 0.0774 e. The predicted octanol–water partition coefficient (Wildman–Crippen LogP) is 1.78. The van der Waals surface area contributed by atoms with Crippen LogP contribution >= 0.6 is 0 Å². The molecule has 0 aliphatic heterocycles. The fraction of sp³-hybridized carbons (Fsp3) is 1.00. The van der Waals surface area contributed by atoms with Gasteiger partial charge in [-0.2, -0.15) is 0 Å². The third-order valence-electron chi connectivity index (χ3n) is 3.44. The molecule has 3 unspecified atom stereocenters. The van der Waals surface area contributed by atoms with Gasteiger partial charge in [-0.1, -0.05) is 20.8 Å². The van der Waals surface area contributed by atoms with E-state index in [-0.39, 0.29) is 0 Å². The van der Waals surface area contributed by atoms with E-state index in [1.165, 1.54) is 6.42 Å². The molecular weight excluding hydrogens is 162 g/mol. The van der Waals surface area contributed by atoms with Crippen molar-refractivity contribution < 1.29 is 5.11 Å². The van der Waals surface area contributed by atoms with Crippen LogP contribution in [0.25, 0.3) is 0 Å². The number of aliphatic hydroxyl groups is 1. The lowest BCUT2D eigenvalue weighted by atomic mass is 9.73. The largest absolute Gasteiger partial charge is 0.389 e. The first kappa shape index (κ1) is 11.0. The van der Waals surface area contributed by atoms with Crippen molar-refractivity contribution in [3.05, 3.63) is 0 Å². The molecule has 0 aromatic heterocycles. The molecule has 0 bridgehead atoms. The zero-order valence-corrected chi connectivity index (χ0v) is 9.14. The van der Waals surface area contributed by atoms with Crippen molar-refractivity contribution in [3.63, 3.8) is 0 Å². The molecule has 0 saturated heterocycles. The molecule has 0 amide bonds. The van der Waals surface area contributed by atoms with Gasteiger partial charge in [0.1, 0.15) is 0 Å². The number of likely N-dealkylation sites (N-methyl/N-ethyl adjacent to an activating group) is 1. The van der Waals surface area contributed by atoms with E-state index in [0.717, 1.165) is 31.8 Å². The molecule has 2 heteroatoms. The fourth-order valence-corrected chi connectivity index (χ4v) is 2.20. The van der Waals surface area contributed by atoms with Gasteiger partial charge in [0.15, 0.2) is 0 Å². The summed E-state index contributed by atoms with van der Waals surface area (Å²) in [4.78, 5) is 0. The van der Waals surface area contributed by atoms with E-state index in [4.69, 9.17) is 0 Å². The second kappa shape index (κ2) is 4.43. The van der Waals surface area contributed by atoms with Crippen LogP contribution < -0.4 is 5.32 Å². The number of hydrogen-bond donors (Lipinski definition) is 2. The molecular formula is C11H23NO. The van der Waals surface area contributed by atoms with Crippen molar-refractivity contribution >= 4 is 0 Å². The fourth-order valence-electron chi connectivity index (χ4n) is 2.20. The summed E-state index contributed by atoms with van der Waals surface area (Å²) in [6.07, 6.45) is 3.09. The molecule has 0 radical (unpaired) electrons. The molecule has 0 aromatic carbocycles. The molecule has 1 aliphatic rings. The first-order chi connectivity index (χ1) is 6.07. The maximum atomic E-state index is 10.2. The van der Waals surface area contributed by atoms with Gasteiger partial charge in [0.25, 0.3) is 0 Å². The number of hydrogen-bond acceptors (Lipinski definition) is 2. The Labute approximate surface area is 81.7 Å². The Hall–Kier alpha value is -0.0800. The SMILES string of the molecule is CCNCC1(O)CCC(C)C(C)C1. The van der Waals surface area contributed by atoms with Crippen molar-refractivity contribution in [3.8, 4) is 0 Å². The highest BCUT2D eigenvalue weighted by Crippen LogP contribution is 2.35. The quantitative estimate of drug-likeness (QED) is 0.702. The third kappa shape index (κ3) is 2.96. The lowest BCUT2D eigenvalue weighted by Gasteiger charge is -2.39. The van der Waals surface area contributed by atoms with Crippen LogP contribution in [0, 0.1) is 11.8 Å². The molecule has 3 atom stereocenters. The van der Waals surface area contributed by atoms with Crippen molar-refractivity contribution in [2.24, 2.45) is 11.8 Å². The molecule has 0 aromatic rings. The van der Waals surface area contributed by atoms with Crippen LogP contribution in [0.15, 0.2) is 0 Å². The van der Waals surface area contributed by atoms with E-state index in [1.807, 2.05) is 0 Å². The zero-order valence-electron chi connectivity index (χ0n) is 9.14. The summed E-state index contributed by atoms with van der Waals surface area (Å²) in [7, 11) is 0. The van der Waals surface area contributed by atoms with E-state index < -0.39 is 5.60 Å². The van der Waals surface area contributed by atoms with Crippen molar-refractivity contribution in [1.29, 1.82) is 0 Å². The first-order valence-electron chi connectivity index (χ1n) is 5.50. The van der Waals surface area contributed by atoms with Crippen molar-refractivity contribution in [2.45, 2.75) is 45.6 Å². The van der Waals surface area contributed by atoms with Gasteiger partial charge in [0, 0.05) is 6.54 Å². The Morgan fingerprint density at radius 3 is 2.62 bits per heavy atom. The van der Waals surface area contributed by atoms with E-state index in [0.29, 0.717) is 5.92 Å². The maximum absolute atomic E-state index is 10.2. The predicted molar refractivity (Wildman–Crippen MR) is 55.7 cm³/mol. The molecule has 1 fully saturated rings. The number of nitrogens with one attached hydrogen (secondary N) is 1. The zero-order chi connectivity index (χ0) is 9.90. The topological polar surface area (TPSA) is 32.3 Å². The summed E-state index contributed by atoms with van der Waals surface area (Å²) >= 11 is 0. The monoisotopic (exact) mass is 185 g/mol. The molecule has 13 heavy (non-hydrogen) atoms. The van der Waals surface area contributed by atoms with E-state index in [1.54, 1.807) is 0 Å². The standard InChI is InChI=1S/C11H23NO/c1-4-12-8-11(13)6-5-9(2)10(3)7-11/h9-10,12-13H,4-8H2,1-3H3. The second-order valence-corrected chi connectivity index (χ2v) is 4.70. The smallest absolute Gasteiger partial charge is 0.0774 e. The molecule has 2 nitrogen and oxygen atoms in total. The van der Waals surface area contributed by atoms with E-state index >= 15 is 0 Å². The van der Waals surface area contributed by atoms with Crippen LogP contribution in [0.2, 0.25) is 0 Å². The Balaban J connectivity index is 2.41. The van der Waals surface area contributed by atoms with Crippen molar-refractivity contribution in [1.82, 2.24) is 5.32 Å². The Kier molecular flexibility index (Phi) is 3.74. The van der Waals surface area contributed by atoms with E-state index in [9.17, 15) is 5.11 Å². The molecule has 0 spiro atoms. The second-order valence-electron chi connectivity index (χ2n) is 4.70. The molecule has 1 aliphatic carbocycles. The van der Waals surface area contributed by atoms with Gasteiger partial charge < -0.3 is 10.4 Å². The highest BCUT2D eigenvalue weighted by molar-refractivity contribution is 4.89. The highest BCUT2D eigenvalue weighted by atomic mass is 16.3. The molecule has 1 rings (SSSR count). The minimum absolute atomic E-state index is 0.429.